The van der Waals surface area contributed by atoms with E-state index in [-0.39, 0.29) is 29.6 Å². The second-order valence-corrected chi connectivity index (χ2v) is 9.99. The van der Waals surface area contributed by atoms with Gasteiger partial charge in [-0.1, -0.05) is 74.4 Å². The van der Waals surface area contributed by atoms with Crippen LogP contribution in [0.15, 0.2) is 59.0 Å². The largest absolute Gasteiger partial charge is 0.406 e. The van der Waals surface area contributed by atoms with E-state index >= 15 is 0 Å². The highest BCUT2D eigenvalue weighted by Gasteiger charge is 2.35. The zero-order chi connectivity index (χ0) is 24.6. The van der Waals surface area contributed by atoms with Crippen LogP contribution in [0.1, 0.15) is 61.6 Å². The summed E-state index contributed by atoms with van der Waals surface area (Å²) in [6, 6.07) is 17.1. The Hall–Kier alpha value is -4.01. The van der Waals surface area contributed by atoms with Crippen molar-refractivity contribution in [3.05, 3.63) is 71.7 Å². The topological polar surface area (TPSA) is 115 Å². The fourth-order valence-electron chi connectivity index (χ4n) is 3.97. The highest BCUT2D eigenvalue weighted by Crippen LogP contribution is 2.34. The lowest BCUT2D eigenvalue weighted by atomic mass is 9.86. The molecule has 2 N–H and O–H groups in total. The smallest absolute Gasteiger partial charge is 0.322 e. The molecule has 1 aliphatic rings. The summed E-state index contributed by atoms with van der Waals surface area (Å²) < 4.78 is 7.57. The molecule has 9 nitrogen and oxygen atoms in total. The first kappa shape index (κ1) is 22.8. The Morgan fingerprint density at radius 3 is 2.49 bits per heavy atom. The molecule has 0 saturated heterocycles. The summed E-state index contributed by atoms with van der Waals surface area (Å²) in [5.74, 6) is -0.214. The summed E-state index contributed by atoms with van der Waals surface area (Å²) >= 11 is 0. The molecule has 2 aromatic heterocycles. The molecule has 35 heavy (non-hydrogen) atoms. The summed E-state index contributed by atoms with van der Waals surface area (Å²) in [6.45, 7) is 6.45. The number of aromatic nitrogens is 4. The number of anilines is 1. The van der Waals surface area contributed by atoms with Gasteiger partial charge >= 0.3 is 6.01 Å². The molecule has 0 aliphatic heterocycles. The van der Waals surface area contributed by atoms with Crippen molar-refractivity contribution in [1.82, 2.24) is 25.3 Å². The van der Waals surface area contributed by atoms with Crippen molar-refractivity contribution in [2.45, 2.75) is 46.2 Å². The molecule has 2 heterocycles. The molecule has 0 radical (unpaired) electrons. The predicted molar refractivity (Wildman–Crippen MR) is 131 cm³/mol. The standard InChI is InChI=1S/C26H28N6O3/c1-26(2,3)21(24-29-30-25(35-24)28-22(33)17-13-14-17)27-23(34)20-18-11-7-8-12-19(18)32(31-20)15-16-9-5-4-6-10-16/h4-12,17,21H,13-15H2,1-3H3,(H,27,34)(H,28,30,33)/t21-/m1/s1. The molecule has 1 saturated carbocycles. The van der Waals surface area contributed by atoms with Crippen LogP contribution in [0.3, 0.4) is 0 Å². The van der Waals surface area contributed by atoms with Crippen molar-refractivity contribution < 1.29 is 14.0 Å². The molecule has 180 valence electrons. The van der Waals surface area contributed by atoms with Gasteiger partial charge in [-0.3, -0.25) is 19.6 Å². The van der Waals surface area contributed by atoms with Crippen molar-refractivity contribution in [2.75, 3.05) is 5.32 Å². The van der Waals surface area contributed by atoms with Gasteiger partial charge in [-0.2, -0.15) is 5.10 Å². The lowest BCUT2D eigenvalue weighted by Crippen LogP contribution is -2.37. The molecular weight excluding hydrogens is 444 g/mol. The molecular formula is C26H28N6O3. The van der Waals surface area contributed by atoms with Crippen LogP contribution in [0.5, 0.6) is 0 Å². The zero-order valence-corrected chi connectivity index (χ0v) is 20.0. The molecule has 0 unspecified atom stereocenters. The van der Waals surface area contributed by atoms with Gasteiger partial charge in [0.2, 0.25) is 11.8 Å². The van der Waals surface area contributed by atoms with Gasteiger partial charge in [-0.15, -0.1) is 5.10 Å². The van der Waals surface area contributed by atoms with E-state index in [1.807, 2.05) is 80.1 Å². The minimum absolute atomic E-state index is 0.0164. The van der Waals surface area contributed by atoms with Crippen LogP contribution < -0.4 is 10.6 Å². The van der Waals surface area contributed by atoms with E-state index < -0.39 is 11.5 Å². The lowest BCUT2D eigenvalue weighted by Gasteiger charge is -2.28. The van der Waals surface area contributed by atoms with Gasteiger partial charge in [0.05, 0.1) is 12.1 Å². The molecule has 4 aromatic rings. The van der Waals surface area contributed by atoms with Crippen molar-refractivity contribution >= 4 is 28.7 Å². The van der Waals surface area contributed by atoms with E-state index in [0.717, 1.165) is 29.3 Å². The van der Waals surface area contributed by atoms with Crippen LogP contribution >= 0.6 is 0 Å². The molecule has 1 fully saturated rings. The SMILES string of the molecule is CC(C)(C)[C@H](NC(=O)c1nn(Cc2ccccc2)c2ccccc12)c1nnc(NC(=O)C2CC2)o1. The first-order valence-electron chi connectivity index (χ1n) is 11.7. The molecule has 2 amide bonds. The van der Waals surface area contributed by atoms with Gasteiger partial charge in [0, 0.05) is 11.3 Å². The number of nitrogens with one attached hydrogen (secondary N) is 2. The molecule has 5 rings (SSSR count). The number of rotatable bonds is 7. The maximum atomic E-state index is 13.5. The number of fused-ring (bicyclic) bond motifs is 1. The average Bonchev–Trinajstić information content (AvgIpc) is 3.50. The van der Waals surface area contributed by atoms with Crippen LogP contribution in [0.2, 0.25) is 0 Å². The Morgan fingerprint density at radius 2 is 1.77 bits per heavy atom. The van der Waals surface area contributed by atoms with E-state index in [4.69, 9.17) is 4.42 Å². The number of para-hydroxylation sites is 1. The van der Waals surface area contributed by atoms with Crippen molar-refractivity contribution in [2.24, 2.45) is 11.3 Å². The van der Waals surface area contributed by atoms with E-state index in [2.05, 4.69) is 25.9 Å². The first-order valence-corrected chi connectivity index (χ1v) is 11.7. The summed E-state index contributed by atoms with van der Waals surface area (Å²) in [5.41, 5.74) is 1.85. The number of hydrogen-bond donors (Lipinski definition) is 2. The van der Waals surface area contributed by atoms with Crippen LogP contribution in [-0.2, 0) is 11.3 Å². The Labute approximate surface area is 202 Å². The molecule has 0 spiro atoms. The summed E-state index contributed by atoms with van der Waals surface area (Å²) in [7, 11) is 0. The van der Waals surface area contributed by atoms with Gasteiger partial charge in [0.25, 0.3) is 5.91 Å². The fraction of sp³-hybridized carbons (Fsp3) is 0.346. The highest BCUT2D eigenvalue weighted by molar-refractivity contribution is 6.05. The lowest BCUT2D eigenvalue weighted by molar-refractivity contribution is -0.117. The minimum atomic E-state index is -0.591. The summed E-state index contributed by atoms with van der Waals surface area (Å²) in [6.07, 6.45) is 1.75. The van der Waals surface area contributed by atoms with Crippen molar-refractivity contribution in [3.8, 4) is 0 Å². The van der Waals surface area contributed by atoms with Crippen LogP contribution in [-0.4, -0.2) is 31.8 Å². The van der Waals surface area contributed by atoms with Gasteiger partial charge in [-0.25, -0.2) is 0 Å². The average molecular weight is 473 g/mol. The number of benzene rings is 2. The Balaban J connectivity index is 1.41. The number of nitrogens with zero attached hydrogens (tertiary/aromatic N) is 4. The van der Waals surface area contributed by atoms with Crippen LogP contribution in [0.25, 0.3) is 10.9 Å². The molecule has 1 aliphatic carbocycles. The van der Waals surface area contributed by atoms with Crippen molar-refractivity contribution in [3.63, 3.8) is 0 Å². The first-order chi connectivity index (χ1) is 16.8. The third-order valence-electron chi connectivity index (χ3n) is 6.06. The van der Waals surface area contributed by atoms with E-state index in [0.29, 0.717) is 12.2 Å². The van der Waals surface area contributed by atoms with E-state index in [1.54, 1.807) is 0 Å². The normalized spacial score (nSPS) is 14.6. The molecule has 0 bridgehead atoms. The second kappa shape index (κ2) is 8.98. The maximum Gasteiger partial charge on any atom is 0.322 e. The summed E-state index contributed by atoms with van der Waals surface area (Å²) in [4.78, 5) is 25.5. The zero-order valence-electron chi connectivity index (χ0n) is 20.0. The third kappa shape index (κ3) is 4.94. The number of carbonyl (C=O) groups excluding carboxylic acids is 2. The predicted octanol–water partition coefficient (Wildman–Crippen LogP) is 4.33. The third-order valence-corrected chi connectivity index (χ3v) is 6.06. The van der Waals surface area contributed by atoms with Gasteiger partial charge < -0.3 is 9.73 Å². The van der Waals surface area contributed by atoms with Crippen molar-refractivity contribution in [1.29, 1.82) is 0 Å². The van der Waals surface area contributed by atoms with Gasteiger partial charge in [0.1, 0.15) is 6.04 Å². The number of hydrogen-bond acceptors (Lipinski definition) is 6. The highest BCUT2D eigenvalue weighted by atomic mass is 16.4. The Morgan fingerprint density at radius 1 is 1.06 bits per heavy atom. The van der Waals surface area contributed by atoms with E-state index in [1.165, 1.54) is 0 Å². The maximum absolute atomic E-state index is 13.5. The van der Waals surface area contributed by atoms with Gasteiger partial charge in [0.15, 0.2) is 5.69 Å². The van der Waals surface area contributed by atoms with Gasteiger partial charge in [-0.05, 0) is 29.9 Å². The Kier molecular flexibility index (Phi) is 5.84. The van der Waals surface area contributed by atoms with Crippen LogP contribution in [0.4, 0.5) is 6.01 Å². The Bertz CT molecular complexity index is 1360. The quantitative estimate of drug-likeness (QED) is 0.414. The molecule has 2 aromatic carbocycles. The summed E-state index contributed by atoms with van der Waals surface area (Å²) in [5, 5.41) is 19.2. The minimum Gasteiger partial charge on any atom is -0.406 e. The fourth-order valence-corrected chi connectivity index (χ4v) is 3.97. The second-order valence-electron chi connectivity index (χ2n) is 9.99. The van der Waals surface area contributed by atoms with Crippen LogP contribution in [0, 0.1) is 11.3 Å². The number of amides is 2. The monoisotopic (exact) mass is 472 g/mol. The van der Waals surface area contributed by atoms with E-state index in [9.17, 15) is 9.59 Å². The molecule has 1 atom stereocenters. The molecule has 9 heteroatoms. The number of carbonyl (C=O) groups is 2.